The summed E-state index contributed by atoms with van der Waals surface area (Å²) in [4.78, 5) is 27.9. The van der Waals surface area contributed by atoms with Gasteiger partial charge in [0, 0.05) is 5.02 Å². The summed E-state index contributed by atoms with van der Waals surface area (Å²) in [5.74, 6) is -0.458. The number of rotatable bonds is 5. The smallest absolute Gasteiger partial charge is 0.337 e. The second-order valence-electron chi connectivity index (χ2n) is 5.10. The van der Waals surface area contributed by atoms with Crippen LogP contribution in [0.2, 0.25) is 10.0 Å². The van der Waals surface area contributed by atoms with Gasteiger partial charge in [0.2, 0.25) is 0 Å². The molecule has 0 bridgehead atoms. The highest BCUT2D eigenvalue weighted by Crippen LogP contribution is 2.28. The lowest BCUT2D eigenvalue weighted by Gasteiger charge is -2.07. The highest BCUT2D eigenvalue weighted by atomic mass is 35.5. The van der Waals surface area contributed by atoms with Gasteiger partial charge in [-0.1, -0.05) is 34.5 Å². The minimum Gasteiger partial charge on any atom is -0.482 e. The van der Waals surface area contributed by atoms with Gasteiger partial charge in [-0.3, -0.25) is 10.1 Å². The van der Waals surface area contributed by atoms with Crippen LogP contribution < -0.4 is 10.1 Å². The Kier molecular flexibility index (Phi) is 5.61. The molecule has 6 nitrogen and oxygen atoms in total. The summed E-state index contributed by atoms with van der Waals surface area (Å²) in [5, 5.41) is 3.85. The summed E-state index contributed by atoms with van der Waals surface area (Å²) >= 11 is 13.0. The maximum absolute atomic E-state index is 12.0. The summed E-state index contributed by atoms with van der Waals surface area (Å²) in [6.07, 6.45) is 0. The summed E-state index contributed by atoms with van der Waals surface area (Å²) in [7, 11) is 1.32. The van der Waals surface area contributed by atoms with Gasteiger partial charge in [-0.05, 0) is 36.4 Å². The van der Waals surface area contributed by atoms with Crippen LogP contribution in [0.4, 0.5) is 5.13 Å². The molecule has 26 heavy (non-hydrogen) atoms. The Bertz CT molecular complexity index is 990. The third kappa shape index (κ3) is 4.24. The van der Waals surface area contributed by atoms with Crippen molar-refractivity contribution in [2.45, 2.75) is 0 Å². The highest BCUT2D eigenvalue weighted by molar-refractivity contribution is 7.22. The number of nitrogens with one attached hydrogen (secondary N) is 1. The fraction of sp³-hybridized carbons (Fsp3) is 0.118. The lowest BCUT2D eigenvalue weighted by atomic mass is 10.2. The Hall–Kier alpha value is -2.35. The Balaban J connectivity index is 1.66. The van der Waals surface area contributed by atoms with E-state index in [4.69, 9.17) is 27.9 Å². The molecule has 2 aromatic carbocycles. The van der Waals surface area contributed by atoms with Crippen LogP contribution in [0.15, 0.2) is 36.4 Å². The maximum Gasteiger partial charge on any atom is 0.337 e. The van der Waals surface area contributed by atoms with Crippen molar-refractivity contribution in [2.75, 3.05) is 19.0 Å². The molecule has 3 rings (SSSR count). The molecule has 9 heteroatoms. The van der Waals surface area contributed by atoms with Gasteiger partial charge in [0.15, 0.2) is 11.7 Å². The molecule has 3 aromatic rings. The number of anilines is 1. The minimum absolute atomic E-state index is 0.231. The van der Waals surface area contributed by atoms with Gasteiger partial charge in [0.05, 0.1) is 27.9 Å². The molecule has 0 aliphatic rings. The molecule has 0 radical (unpaired) electrons. The van der Waals surface area contributed by atoms with E-state index >= 15 is 0 Å². The van der Waals surface area contributed by atoms with E-state index in [0.29, 0.717) is 32.0 Å². The Morgan fingerprint density at radius 3 is 2.73 bits per heavy atom. The van der Waals surface area contributed by atoms with E-state index in [1.807, 2.05) is 0 Å². The number of carbonyl (C=O) groups excluding carboxylic acids is 2. The molecule has 1 aromatic heterocycles. The lowest BCUT2D eigenvalue weighted by molar-refractivity contribution is -0.118. The van der Waals surface area contributed by atoms with Crippen LogP contribution >= 0.6 is 34.5 Å². The van der Waals surface area contributed by atoms with E-state index in [1.54, 1.807) is 30.3 Å². The first-order valence-corrected chi connectivity index (χ1v) is 8.90. The molecule has 0 spiro atoms. The summed E-state index contributed by atoms with van der Waals surface area (Å²) < 4.78 is 10.8. The van der Waals surface area contributed by atoms with E-state index in [1.165, 1.54) is 24.5 Å². The van der Waals surface area contributed by atoms with Crippen LogP contribution in [0.25, 0.3) is 10.2 Å². The number of ether oxygens (including phenoxy) is 2. The van der Waals surface area contributed by atoms with E-state index < -0.39 is 5.97 Å². The molecular weight excluding hydrogens is 399 g/mol. The third-order valence-corrected chi connectivity index (χ3v) is 4.77. The first-order valence-electron chi connectivity index (χ1n) is 7.33. The first-order chi connectivity index (χ1) is 12.5. The number of nitrogens with zero attached hydrogens (tertiary/aromatic N) is 1. The van der Waals surface area contributed by atoms with Crippen LogP contribution in [0.1, 0.15) is 10.4 Å². The standard InChI is InChI=1S/C17H12Cl2N2O4S/c1-24-16(23)9-2-4-12-14(6-9)26-17(20-12)21-15(22)8-25-13-5-3-10(18)7-11(13)19/h2-7H,8H2,1H3,(H,20,21,22). The number of methoxy groups -OCH3 is 1. The summed E-state index contributed by atoms with van der Waals surface area (Å²) in [6.45, 7) is -0.231. The highest BCUT2D eigenvalue weighted by Gasteiger charge is 2.12. The number of halogens is 2. The third-order valence-electron chi connectivity index (χ3n) is 3.31. The van der Waals surface area contributed by atoms with Gasteiger partial charge in [-0.2, -0.15) is 0 Å². The predicted molar refractivity (Wildman–Crippen MR) is 102 cm³/mol. The van der Waals surface area contributed by atoms with E-state index in [0.717, 1.165) is 4.70 Å². The topological polar surface area (TPSA) is 77.5 Å². The van der Waals surface area contributed by atoms with Crippen LogP contribution in [0.5, 0.6) is 5.75 Å². The van der Waals surface area contributed by atoms with Gasteiger partial charge >= 0.3 is 5.97 Å². The fourth-order valence-corrected chi connectivity index (χ4v) is 3.50. The molecule has 134 valence electrons. The molecule has 0 aliphatic heterocycles. The summed E-state index contributed by atoms with van der Waals surface area (Å²) in [6, 6.07) is 9.71. The number of thiazole rings is 1. The van der Waals surface area contributed by atoms with Gasteiger partial charge in [0.25, 0.3) is 5.91 Å². The normalized spacial score (nSPS) is 10.6. The molecule has 0 unspecified atom stereocenters. The van der Waals surface area contributed by atoms with Gasteiger partial charge in [0.1, 0.15) is 5.75 Å². The number of carbonyl (C=O) groups is 2. The molecule has 1 amide bonds. The Labute approximate surface area is 162 Å². The van der Waals surface area contributed by atoms with Gasteiger partial charge in [-0.25, -0.2) is 9.78 Å². The van der Waals surface area contributed by atoms with Crippen molar-refractivity contribution in [1.82, 2.24) is 4.98 Å². The Morgan fingerprint density at radius 2 is 2.00 bits per heavy atom. The number of benzene rings is 2. The zero-order chi connectivity index (χ0) is 18.7. The van der Waals surface area contributed by atoms with Crippen molar-refractivity contribution in [1.29, 1.82) is 0 Å². The van der Waals surface area contributed by atoms with Crippen molar-refractivity contribution in [3.05, 3.63) is 52.0 Å². The molecule has 1 heterocycles. The SMILES string of the molecule is COC(=O)c1ccc2nc(NC(=O)COc3ccc(Cl)cc3Cl)sc2c1. The van der Waals surface area contributed by atoms with Crippen LogP contribution in [0.3, 0.4) is 0 Å². The monoisotopic (exact) mass is 410 g/mol. The lowest BCUT2D eigenvalue weighted by Crippen LogP contribution is -2.20. The minimum atomic E-state index is -0.431. The van der Waals surface area contributed by atoms with Gasteiger partial charge in [-0.15, -0.1) is 0 Å². The average Bonchev–Trinajstić information content (AvgIpc) is 3.01. The number of esters is 1. The Morgan fingerprint density at radius 1 is 1.19 bits per heavy atom. The van der Waals surface area contributed by atoms with Crippen LogP contribution in [-0.2, 0) is 9.53 Å². The zero-order valence-electron chi connectivity index (χ0n) is 13.4. The van der Waals surface area contributed by atoms with Crippen molar-refractivity contribution in [3.8, 4) is 5.75 Å². The number of fused-ring (bicyclic) bond motifs is 1. The van der Waals surface area contributed by atoms with Crippen molar-refractivity contribution in [2.24, 2.45) is 0 Å². The van der Waals surface area contributed by atoms with Crippen LogP contribution in [-0.4, -0.2) is 30.6 Å². The van der Waals surface area contributed by atoms with Crippen molar-refractivity contribution < 1.29 is 19.1 Å². The molecule has 0 saturated carbocycles. The molecule has 0 fully saturated rings. The fourth-order valence-electron chi connectivity index (χ4n) is 2.11. The predicted octanol–water partition coefficient (Wildman–Crippen LogP) is 4.41. The molecule has 0 atom stereocenters. The number of hydrogen-bond donors (Lipinski definition) is 1. The second kappa shape index (κ2) is 7.90. The first kappa shape index (κ1) is 18.4. The van der Waals surface area contributed by atoms with E-state index in [2.05, 4.69) is 15.0 Å². The van der Waals surface area contributed by atoms with E-state index in [-0.39, 0.29) is 12.5 Å². The largest absolute Gasteiger partial charge is 0.482 e. The molecule has 1 N–H and O–H groups in total. The van der Waals surface area contributed by atoms with Crippen molar-refractivity contribution >= 4 is 61.8 Å². The number of amides is 1. The van der Waals surface area contributed by atoms with Gasteiger partial charge < -0.3 is 9.47 Å². The quantitative estimate of drug-likeness (QED) is 0.630. The molecule has 0 saturated heterocycles. The zero-order valence-corrected chi connectivity index (χ0v) is 15.7. The average molecular weight is 411 g/mol. The summed E-state index contributed by atoms with van der Waals surface area (Å²) in [5.41, 5.74) is 1.09. The van der Waals surface area contributed by atoms with Crippen molar-refractivity contribution in [3.63, 3.8) is 0 Å². The van der Waals surface area contributed by atoms with Crippen LogP contribution in [0, 0.1) is 0 Å². The number of hydrogen-bond acceptors (Lipinski definition) is 6. The maximum atomic E-state index is 12.0. The molecular formula is C17H12Cl2N2O4S. The number of aromatic nitrogens is 1. The second-order valence-corrected chi connectivity index (χ2v) is 6.98. The van der Waals surface area contributed by atoms with E-state index in [9.17, 15) is 9.59 Å². The molecule has 0 aliphatic carbocycles.